The normalized spacial score (nSPS) is 11.6. The van der Waals surface area contributed by atoms with Gasteiger partial charge in [0.05, 0.1) is 38.5 Å². The summed E-state index contributed by atoms with van der Waals surface area (Å²) in [7, 11) is -3.91. The molecule has 0 saturated carbocycles. The lowest BCUT2D eigenvalue weighted by Crippen LogP contribution is -2.30. The third-order valence-electron chi connectivity index (χ3n) is 4.80. The van der Waals surface area contributed by atoms with Crippen LogP contribution in [-0.4, -0.2) is 30.4 Å². The van der Waals surface area contributed by atoms with E-state index in [0.717, 1.165) is 18.4 Å². The maximum atomic E-state index is 14.7. The predicted molar refractivity (Wildman–Crippen MR) is 129 cm³/mol. The van der Waals surface area contributed by atoms with Gasteiger partial charge in [0.1, 0.15) is 24.0 Å². The van der Waals surface area contributed by atoms with Crippen molar-refractivity contribution in [2.75, 3.05) is 6.26 Å². The smallest absolute Gasteiger partial charge is 0.267 e. The Morgan fingerprint density at radius 3 is 2.43 bits per heavy atom. The first-order valence-corrected chi connectivity index (χ1v) is 12.7. The molecular weight excluding hydrogens is 547 g/mol. The monoisotopic (exact) mass is 559 g/mol. The molecule has 0 radical (unpaired) electrons. The molecule has 0 aliphatic heterocycles. The molecule has 1 heterocycles. The number of fused-ring (bicyclic) bond motifs is 1. The maximum Gasteiger partial charge on any atom is 0.267 e. The van der Waals surface area contributed by atoms with Crippen molar-refractivity contribution in [2.24, 2.45) is 0 Å². The highest BCUT2D eigenvalue weighted by molar-refractivity contribution is 7.89. The first-order valence-electron chi connectivity index (χ1n) is 9.70. The van der Waals surface area contributed by atoms with Crippen LogP contribution < -0.4 is 9.46 Å². The minimum absolute atomic E-state index is 0.0207. The number of ether oxygens (including phenoxy) is 1. The molecule has 13 heteroatoms. The maximum absolute atomic E-state index is 14.7. The molecular formula is C22H14Cl3F2N3O4S. The van der Waals surface area contributed by atoms with E-state index in [-0.39, 0.29) is 39.1 Å². The number of carbonyl (C=O) groups is 1. The quantitative estimate of drug-likeness (QED) is 0.335. The average molecular weight is 561 g/mol. The van der Waals surface area contributed by atoms with Gasteiger partial charge in [0.15, 0.2) is 5.15 Å². The molecule has 0 aliphatic carbocycles. The molecule has 0 fully saturated rings. The summed E-state index contributed by atoms with van der Waals surface area (Å²) in [6.45, 7) is 0.116. The molecule has 1 N–H and O–H groups in total. The van der Waals surface area contributed by atoms with Crippen LogP contribution in [0.3, 0.4) is 0 Å². The van der Waals surface area contributed by atoms with E-state index in [1.165, 1.54) is 16.8 Å². The zero-order chi connectivity index (χ0) is 25.5. The summed E-state index contributed by atoms with van der Waals surface area (Å²) in [5.74, 6) is -2.29. The molecule has 182 valence electrons. The molecule has 1 amide bonds. The highest BCUT2D eigenvalue weighted by Crippen LogP contribution is 2.39. The first-order chi connectivity index (χ1) is 16.4. The lowest BCUT2D eigenvalue weighted by Gasteiger charge is -2.11. The Hall–Kier alpha value is -2.92. The number of carbonyl (C=O) groups excluding carboxylic acids is 1. The number of hydrogen-bond acceptors (Lipinski definition) is 5. The zero-order valence-corrected chi connectivity index (χ0v) is 20.7. The summed E-state index contributed by atoms with van der Waals surface area (Å²) in [5.41, 5.74) is 0.546. The van der Waals surface area contributed by atoms with E-state index in [2.05, 4.69) is 5.10 Å². The van der Waals surface area contributed by atoms with E-state index >= 15 is 0 Å². The fourth-order valence-electron chi connectivity index (χ4n) is 3.24. The molecule has 3 aromatic carbocycles. The second kappa shape index (κ2) is 9.62. The predicted octanol–water partition coefficient (Wildman–Crippen LogP) is 5.53. The Kier molecular flexibility index (Phi) is 6.92. The molecule has 0 aliphatic rings. The third-order valence-corrected chi connectivity index (χ3v) is 6.30. The van der Waals surface area contributed by atoms with Crippen molar-refractivity contribution in [3.63, 3.8) is 0 Å². The molecule has 0 atom stereocenters. The van der Waals surface area contributed by atoms with Gasteiger partial charge >= 0.3 is 0 Å². The average Bonchev–Trinajstić information content (AvgIpc) is 3.11. The lowest BCUT2D eigenvalue weighted by molar-refractivity contribution is 0.0978. The molecule has 1 aromatic heterocycles. The topological polar surface area (TPSA) is 90.3 Å². The number of amides is 1. The second-order valence-corrected chi connectivity index (χ2v) is 10.3. The van der Waals surface area contributed by atoms with Crippen LogP contribution in [0.25, 0.3) is 16.6 Å². The molecule has 35 heavy (non-hydrogen) atoms. The van der Waals surface area contributed by atoms with Gasteiger partial charge < -0.3 is 4.74 Å². The fourth-order valence-corrected chi connectivity index (χ4v) is 4.55. The van der Waals surface area contributed by atoms with Crippen molar-refractivity contribution in [2.45, 2.75) is 6.61 Å². The SMILES string of the molecule is CS(=O)(=O)NC(=O)c1cc(Cl)c(-n2nc(Cl)c3c(Cl)c(OCc4ccc(F)cc4)ccc32)cc1F. The van der Waals surface area contributed by atoms with Crippen molar-refractivity contribution in [1.29, 1.82) is 0 Å². The van der Waals surface area contributed by atoms with Crippen LogP contribution in [0.5, 0.6) is 5.75 Å². The Labute approximate surface area is 213 Å². The zero-order valence-electron chi connectivity index (χ0n) is 17.7. The van der Waals surface area contributed by atoms with Gasteiger partial charge in [-0.25, -0.2) is 26.6 Å². The molecule has 0 spiro atoms. The van der Waals surface area contributed by atoms with Gasteiger partial charge in [-0.05, 0) is 35.9 Å². The highest BCUT2D eigenvalue weighted by atomic mass is 35.5. The number of hydrogen-bond donors (Lipinski definition) is 1. The minimum Gasteiger partial charge on any atom is -0.487 e. The van der Waals surface area contributed by atoms with Gasteiger partial charge in [-0.2, -0.15) is 5.10 Å². The number of sulfonamides is 1. The number of aromatic nitrogens is 2. The van der Waals surface area contributed by atoms with Crippen molar-refractivity contribution >= 4 is 61.6 Å². The van der Waals surface area contributed by atoms with Crippen molar-refractivity contribution in [1.82, 2.24) is 14.5 Å². The summed E-state index contributed by atoms with van der Waals surface area (Å²) in [5, 5.41) is 4.51. The van der Waals surface area contributed by atoms with Crippen molar-refractivity contribution in [3.05, 3.63) is 86.5 Å². The van der Waals surface area contributed by atoms with Crippen LogP contribution in [-0.2, 0) is 16.6 Å². The van der Waals surface area contributed by atoms with Crippen LogP contribution in [0.1, 0.15) is 15.9 Å². The molecule has 4 aromatic rings. The fraction of sp³-hybridized carbons (Fsp3) is 0.0909. The number of rotatable bonds is 6. The Morgan fingerprint density at radius 1 is 1.09 bits per heavy atom. The summed E-state index contributed by atoms with van der Waals surface area (Å²) < 4.78 is 59.0. The molecule has 4 rings (SSSR count). The molecule has 0 bridgehead atoms. The minimum atomic E-state index is -3.91. The van der Waals surface area contributed by atoms with Crippen molar-refractivity contribution < 1.29 is 26.7 Å². The second-order valence-electron chi connectivity index (χ2n) is 7.38. The highest BCUT2D eigenvalue weighted by Gasteiger charge is 2.22. The number of nitrogens with zero attached hydrogens (tertiary/aromatic N) is 2. The van der Waals surface area contributed by atoms with Gasteiger partial charge in [0.2, 0.25) is 10.0 Å². The van der Waals surface area contributed by atoms with E-state index < -0.39 is 27.3 Å². The summed E-state index contributed by atoms with van der Waals surface area (Å²) in [4.78, 5) is 12.1. The summed E-state index contributed by atoms with van der Waals surface area (Å²) in [6.07, 6.45) is 0.762. The van der Waals surface area contributed by atoms with E-state index in [9.17, 15) is 22.0 Å². The molecule has 0 saturated heterocycles. The molecule has 0 unspecified atom stereocenters. The molecule has 7 nitrogen and oxygen atoms in total. The first kappa shape index (κ1) is 25.2. The van der Waals surface area contributed by atoms with E-state index in [0.29, 0.717) is 16.5 Å². The van der Waals surface area contributed by atoms with Gasteiger partial charge in [0.25, 0.3) is 5.91 Å². The van der Waals surface area contributed by atoms with E-state index in [1.54, 1.807) is 29.0 Å². The largest absolute Gasteiger partial charge is 0.487 e. The van der Waals surface area contributed by atoms with E-state index in [4.69, 9.17) is 39.5 Å². The van der Waals surface area contributed by atoms with E-state index in [1.807, 2.05) is 0 Å². The number of benzene rings is 3. The van der Waals surface area contributed by atoms with Crippen LogP contribution in [0.4, 0.5) is 8.78 Å². The third kappa shape index (κ3) is 5.35. The Bertz CT molecular complexity index is 1580. The van der Waals surface area contributed by atoms with Gasteiger partial charge in [-0.3, -0.25) is 4.79 Å². The summed E-state index contributed by atoms with van der Waals surface area (Å²) >= 11 is 19.1. The van der Waals surface area contributed by atoms with Gasteiger partial charge in [-0.15, -0.1) is 0 Å². The van der Waals surface area contributed by atoms with Crippen LogP contribution in [0, 0.1) is 11.6 Å². The van der Waals surface area contributed by atoms with Gasteiger partial charge in [0, 0.05) is 6.07 Å². The Morgan fingerprint density at radius 2 is 1.77 bits per heavy atom. The number of halogens is 5. The van der Waals surface area contributed by atoms with Crippen LogP contribution in [0.15, 0.2) is 48.5 Å². The lowest BCUT2D eigenvalue weighted by atomic mass is 10.1. The van der Waals surface area contributed by atoms with Crippen LogP contribution >= 0.6 is 34.8 Å². The Balaban J connectivity index is 1.70. The summed E-state index contributed by atoms with van der Waals surface area (Å²) in [6, 6.07) is 10.8. The number of nitrogens with one attached hydrogen (secondary N) is 1. The van der Waals surface area contributed by atoms with Crippen LogP contribution in [0.2, 0.25) is 15.2 Å². The van der Waals surface area contributed by atoms with Gasteiger partial charge in [-0.1, -0.05) is 46.9 Å². The van der Waals surface area contributed by atoms with Crippen molar-refractivity contribution in [3.8, 4) is 11.4 Å². The standard InChI is InChI=1S/C22H14Cl3F2N3O4S/c1-35(32,33)29-22(31)13-8-14(23)17(9-15(13)27)30-16-6-7-18(20(24)19(16)21(25)28-30)34-10-11-2-4-12(26)5-3-11/h2-9H,10H2,1H3,(H,29,31).